The maximum atomic E-state index is 12.0. The molecule has 1 saturated carbocycles. The van der Waals surface area contributed by atoms with Gasteiger partial charge in [0.05, 0.1) is 0 Å². The van der Waals surface area contributed by atoms with E-state index in [4.69, 9.17) is 5.11 Å². The second-order valence-corrected chi connectivity index (χ2v) is 5.09. The molecule has 0 spiro atoms. The highest BCUT2D eigenvalue weighted by molar-refractivity contribution is 9.10. The number of carbonyl (C=O) groups excluding carboxylic acids is 1. The van der Waals surface area contributed by atoms with Crippen LogP contribution in [0.3, 0.4) is 0 Å². The monoisotopic (exact) mass is 300 g/mol. The number of carboxylic acid groups (broad SMARTS) is 1. The fourth-order valence-corrected chi connectivity index (χ4v) is 2.19. The van der Waals surface area contributed by atoms with Crippen LogP contribution in [0.15, 0.2) is 16.7 Å². The molecule has 0 unspecified atom stereocenters. The number of nitrogens with zero attached hydrogens (tertiary/aromatic N) is 1. The molecule has 2 N–H and O–H groups in total. The van der Waals surface area contributed by atoms with E-state index in [-0.39, 0.29) is 5.91 Å². The van der Waals surface area contributed by atoms with E-state index in [9.17, 15) is 9.59 Å². The van der Waals surface area contributed by atoms with Crippen LogP contribution in [0.5, 0.6) is 0 Å². The van der Waals surface area contributed by atoms with Crippen molar-refractivity contribution in [3.05, 3.63) is 22.4 Å². The Morgan fingerprint density at radius 1 is 1.59 bits per heavy atom. The van der Waals surface area contributed by atoms with Crippen molar-refractivity contribution in [2.45, 2.75) is 31.8 Å². The average molecular weight is 301 g/mol. The first-order chi connectivity index (χ1) is 7.98. The van der Waals surface area contributed by atoms with Gasteiger partial charge in [0.1, 0.15) is 11.2 Å². The van der Waals surface area contributed by atoms with Crippen LogP contribution in [0.2, 0.25) is 0 Å². The van der Waals surface area contributed by atoms with Crippen molar-refractivity contribution < 1.29 is 14.7 Å². The van der Waals surface area contributed by atoms with Gasteiger partial charge in [-0.3, -0.25) is 4.79 Å². The Morgan fingerprint density at radius 2 is 2.24 bits per heavy atom. The topological polar surface area (TPSA) is 71.3 Å². The molecule has 0 atom stereocenters. The summed E-state index contributed by atoms with van der Waals surface area (Å²) in [4.78, 5) is 23.0. The second-order valence-electron chi connectivity index (χ2n) is 4.17. The molecule has 0 radical (unpaired) electrons. The molecule has 2 rings (SSSR count). The van der Waals surface area contributed by atoms with Crippen LogP contribution in [-0.4, -0.2) is 27.1 Å². The number of aromatic nitrogens is 1. The van der Waals surface area contributed by atoms with E-state index in [1.54, 1.807) is 16.8 Å². The van der Waals surface area contributed by atoms with Gasteiger partial charge in [-0.2, -0.15) is 0 Å². The number of rotatable bonds is 4. The fraction of sp³-hybridized carbons (Fsp3) is 0.455. The molecule has 1 amide bonds. The van der Waals surface area contributed by atoms with Gasteiger partial charge in [0.15, 0.2) is 0 Å². The Kier molecular flexibility index (Phi) is 2.99. The van der Waals surface area contributed by atoms with E-state index in [1.165, 1.54) is 0 Å². The summed E-state index contributed by atoms with van der Waals surface area (Å²) in [6.07, 6.45) is 2.80. The summed E-state index contributed by atoms with van der Waals surface area (Å²) < 4.78 is 2.59. The van der Waals surface area contributed by atoms with Gasteiger partial charge in [0.2, 0.25) is 0 Å². The largest absolute Gasteiger partial charge is 0.480 e. The number of hydrogen-bond donors (Lipinski definition) is 2. The molecule has 1 aliphatic carbocycles. The SMILES string of the molecule is CCn1cc(Br)cc1C(=O)NC1(C(=O)O)CC1. The van der Waals surface area contributed by atoms with Gasteiger partial charge in [-0.25, -0.2) is 4.79 Å². The van der Waals surface area contributed by atoms with Gasteiger partial charge in [-0.05, 0) is 41.8 Å². The first kappa shape index (κ1) is 12.2. The minimum Gasteiger partial charge on any atom is -0.480 e. The zero-order valence-electron chi connectivity index (χ0n) is 9.36. The Bertz CT molecular complexity index is 477. The quantitative estimate of drug-likeness (QED) is 0.887. The Labute approximate surface area is 107 Å². The summed E-state index contributed by atoms with van der Waals surface area (Å²) >= 11 is 3.30. The summed E-state index contributed by atoms with van der Waals surface area (Å²) in [5, 5.41) is 11.6. The van der Waals surface area contributed by atoms with Gasteiger partial charge in [0.25, 0.3) is 5.91 Å². The molecular formula is C11H13BrN2O3. The number of carboxylic acids is 1. The summed E-state index contributed by atoms with van der Waals surface area (Å²) in [6.45, 7) is 2.59. The van der Waals surface area contributed by atoms with Gasteiger partial charge < -0.3 is 15.0 Å². The minimum absolute atomic E-state index is 0.336. The number of hydrogen-bond acceptors (Lipinski definition) is 2. The van der Waals surface area contributed by atoms with Crippen LogP contribution < -0.4 is 5.32 Å². The van der Waals surface area contributed by atoms with E-state index < -0.39 is 11.5 Å². The average Bonchev–Trinajstić information content (AvgIpc) is 2.94. The van der Waals surface area contributed by atoms with E-state index in [0.29, 0.717) is 25.1 Å². The molecule has 0 aromatic carbocycles. The summed E-state index contributed by atoms with van der Waals surface area (Å²) in [6, 6.07) is 1.69. The summed E-state index contributed by atoms with van der Waals surface area (Å²) in [5.41, 5.74) is -0.557. The van der Waals surface area contributed by atoms with E-state index >= 15 is 0 Å². The minimum atomic E-state index is -1.04. The maximum absolute atomic E-state index is 12.0. The molecule has 1 aromatic rings. The van der Waals surface area contributed by atoms with Crippen LogP contribution in [0.1, 0.15) is 30.3 Å². The van der Waals surface area contributed by atoms with E-state index in [0.717, 1.165) is 4.47 Å². The Morgan fingerprint density at radius 3 is 2.71 bits per heavy atom. The normalized spacial score (nSPS) is 16.6. The molecule has 0 bridgehead atoms. The molecule has 1 aromatic heterocycles. The number of amides is 1. The van der Waals surface area contributed by atoms with Gasteiger partial charge in [-0.15, -0.1) is 0 Å². The van der Waals surface area contributed by atoms with Crippen LogP contribution in [0.4, 0.5) is 0 Å². The number of aliphatic carboxylic acids is 1. The third kappa shape index (κ3) is 2.22. The maximum Gasteiger partial charge on any atom is 0.329 e. The third-order valence-electron chi connectivity index (χ3n) is 2.95. The smallest absolute Gasteiger partial charge is 0.329 e. The lowest BCUT2D eigenvalue weighted by Crippen LogP contribution is -2.43. The molecule has 1 aliphatic rings. The molecule has 1 heterocycles. The number of halogens is 1. The predicted molar refractivity (Wildman–Crippen MR) is 64.9 cm³/mol. The highest BCUT2D eigenvalue weighted by atomic mass is 79.9. The second kappa shape index (κ2) is 4.18. The molecular weight excluding hydrogens is 288 g/mol. The molecule has 5 nitrogen and oxygen atoms in total. The molecule has 6 heteroatoms. The van der Waals surface area contributed by atoms with Crippen molar-refractivity contribution >= 4 is 27.8 Å². The lowest BCUT2D eigenvalue weighted by atomic mass is 10.2. The predicted octanol–water partition coefficient (Wildman–Crippen LogP) is 1.62. The number of aryl methyl sites for hydroxylation is 1. The van der Waals surface area contributed by atoms with E-state index in [1.807, 2.05) is 6.92 Å². The fourth-order valence-electron chi connectivity index (χ4n) is 1.73. The van der Waals surface area contributed by atoms with Gasteiger partial charge in [-0.1, -0.05) is 0 Å². The zero-order valence-corrected chi connectivity index (χ0v) is 11.0. The van der Waals surface area contributed by atoms with Crippen LogP contribution >= 0.6 is 15.9 Å². The van der Waals surface area contributed by atoms with Gasteiger partial charge in [0, 0.05) is 17.2 Å². The highest BCUT2D eigenvalue weighted by Crippen LogP contribution is 2.35. The first-order valence-corrected chi connectivity index (χ1v) is 6.19. The van der Waals surface area contributed by atoms with Crippen molar-refractivity contribution in [2.24, 2.45) is 0 Å². The molecule has 92 valence electrons. The standard InChI is InChI=1S/C11H13BrN2O3/c1-2-14-6-7(12)5-8(14)9(15)13-11(3-4-11)10(16)17/h5-6H,2-4H2,1H3,(H,13,15)(H,16,17). The molecule has 0 aliphatic heterocycles. The van der Waals surface area contributed by atoms with Crippen LogP contribution in [0, 0.1) is 0 Å². The lowest BCUT2D eigenvalue weighted by molar-refractivity contribution is -0.140. The van der Waals surface area contributed by atoms with Crippen molar-refractivity contribution in [1.29, 1.82) is 0 Å². The summed E-state index contributed by atoms with van der Waals surface area (Å²) in [5.74, 6) is -1.29. The Hall–Kier alpha value is -1.30. The number of nitrogens with one attached hydrogen (secondary N) is 1. The lowest BCUT2D eigenvalue weighted by Gasteiger charge is -2.13. The highest BCUT2D eigenvalue weighted by Gasteiger charge is 2.51. The first-order valence-electron chi connectivity index (χ1n) is 5.40. The molecule has 1 fully saturated rings. The van der Waals surface area contributed by atoms with Crippen LogP contribution in [-0.2, 0) is 11.3 Å². The van der Waals surface area contributed by atoms with Crippen molar-refractivity contribution in [2.75, 3.05) is 0 Å². The van der Waals surface area contributed by atoms with Gasteiger partial charge >= 0.3 is 5.97 Å². The third-order valence-corrected chi connectivity index (χ3v) is 3.38. The van der Waals surface area contributed by atoms with Crippen molar-refractivity contribution in [3.63, 3.8) is 0 Å². The summed E-state index contributed by atoms with van der Waals surface area (Å²) in [7, 11) is 0. The zero-order chi connectivity index (χ0) is 12.6. The number of carbonyl (C=O) groups is 2. The van der Waals surface area contributed by atoms with Crippen molar-refractivity contribution in [1.82, 2.24) is 9.88 Å². The molecule has 17 heavy (non-hydrogen) atoms. The Balaban J connectivity index is 2.17. The molecule has 0 saturated heterocycles. The van der Waals surface area contributed by atoms with Crippen molar-refractivity contribution in [3.8, 4) is 0 Å². The van der Waals surface area contributed by atoms with E-state index in [2.05, 4.69) is 21.2 Å². The van der Waals surface area contributed by atoms with Crippen LogP contribution in [0.25, 0.3) is 0 Å².